The fourth-order valence-electron chi connectivity index (χ4n) is 3.08. The van der Waals surface area contributed by atoms with Gasteiger partial charge in [0.15, 0.2) is 0 Å². The van der Waals surface area contributed by atoms with Gasteiger partial charge in [0.2, 0.25) is 0 Å². The molecule has 0 unspecified atom stereocenters. The molecule has 7 heteroatoms. The molecule has 26 heavy (non-hydrogen) atoms. The second-order valence-electron chi connectivity index (χ2n) is 6.13. The molecule has 3 aromatic rings. The number of aromatic nitrogens is 2. The Morgan fingerprint density at radius 3 is 2.92 bits per heavy atom. The van der Waals surface area contributed by atoms with Gasteiger partial charge in [-0.3, -0.25) is 9.36 Å². The van der Waals surface area contributed by atoms with Crippen LogP contribution in [-0.4, -0.2) is 15.5 Å². The molecule has 5 nitrogen and oxygen atoms in total. The third-order valence-corrected chi connectivity index (χ3v) is 4.78. The fourth-order valence-corrected chi connectivity index (χ4v) is 3.30. The standard InChI is InChI=1S/C19H14ClFN2O3/c20-15-9-13(21)5-3-12(15)10-26-19(25)11-4-6-14-16(8-11)22-17-2-1-7-23(17)18(14)24/h3-6,8-9H,1-2,7,10H2. The van der Waals surface area contributed by atoms with Crippen molar-refractivity contribution in [1.29, 1.82) is 0 Å². The van der Waals surface area contributed by atoms with Gasteiger partial charge in [-0.2, -0.15) is 0 Å². The lowest BCUT2D eigenvalue weighted by molar-refractivity contribution is 0.0473. The SMILES string of the molecule is O=C(OCc1ccc(F)cc1Cl)c1ccc2c(=O)n3c(nc2c1)CCC3. The van der Waals surface area contributed by atoms with Crippen molar-refractivity contribution < 1.29 is 13.9 Å². The van der Waals surface area contributed by atoms with Crippen molar-refractivity contribution >= 4 is 28.5 Å². The highest BCUT2D eigenvalue weighted by atomic mass is 35.5. The van der Waals surface area contributed by atoms with E-state index in [9.17, 15) is 14.0 Å². The molecule has 2 aromatic carbocycles. The van der Waals surface area contributed by atoms with Gasteiger partial charge < -0.3 is 4.74 Å². The van der Waals surface area contributed by atoms with Crippen LogP contribution in [0.1, 0.15) is 28.2 Å². The molecule has 0 fully saturated rings. The summed E-state index contributed by atoms with van der Waals surface area (Å²) in [7, 11) is 0. The molecule has 0 N–H and O–H groups in total. The van der Waals surface area contributed by atoms with E-state index < -0.39 is 11.8 Å². The van der Waals surface area contributed by atoms with E-state index in [4.69, 9.17) is 16.3 Å². The minimum absolute atomic E-state index is 0.0732. The predicted octanol–water partition coefficient (Wildman–Crippen LogP) is 3.49. The average molecular weight is 373 g/mol. The van der Waals surface area contributed by atoms with E-state index >= 15 is 0 Å². The fraction of sp³-hybridized carbons (Fsp3) is 0.211. The van der Waals surface area contributed by atoms with E-state index in [-0.39, 0.29) is 17.2 Å². The second-order valence-corrected chi connectivity index (χ2v) is 6.54. The van der Waals surface area contributed by atoms with Gasteiger partial charge in [0, 0.05) is 18.5 Å². The second kappa shape index (κ2) is 6.53. The van der Waals surface area contributed by atoms with Crippen LogP contribution in [0.15, 0.2) is 41.2 Å². The van der Waals surface area contributed by atoms with Crippen LogP contribution < -0.4 is 5.56 Å². The van der Waals surface area contributed by atoms with E-state index in [0.717, 1.165) is 18.7 Å². The highest BCUT2D eigenvalue weighted by molar-refractivity contribution is 6.31. The number of carbonyl (C=O) groups excluding carboxylic acids is 1. The van der Waals surface area contributed by atoms with Crippen LogP contribution in [0.25, 0.3) is 10.9 Å². The smallest absolute Gasteiger partial charge is 0.338 e. The number of hydrogen-bond acceptors (Lipinski definition) is 4. The van der Waals surface area contributed by atoms with Crippen molar-refractivity contribution in [2.24, 2.45) is 0 Å². The maximum absolute atomic E-state index is 13.1. The van der Waals surface area contributed by atoms with Gasteiger partial charge in [-0.25, -0.2) is 14.2 Å². The maximum Gasteiger partial charge on any atom is 0.338 e. The van der Waals surface area contributed by atoms with Crippen LogP contribution in [0.4, 0.5) is 4.39 Å². The average Bonchev–Trinajstić information content (AvgIpc) is 3.09. The van der Waals surface area contributed by atoms with Crippen LogP contribution in [0.5, 0.6) is 0 Å². The van der Waals surface area contributed by atoms with Crippen LogP contribution in [0.2, 0.25) is 5.02 Å². The molecule has 0 atom stereocenters. The summed E-state index contributed by atoms with van der Waals surface area (Å²) in [6.45, 7) is 0.607. The lowest BCUT2D eigenvalue weighted by atomic mass is 10.1. The van der Waals surface area contributed by atoms with E-state index in [1.54, 1.807) is 22.8 Å². The zero-order chi connectivity index (χ0) is 18.3. The Morgan fingerprint density at radius 2 is 2.12 bits per heavy atom. The Hall–Kier alpha value is -2.73. The van der Waals surface area contributed by atoms with Gasteiger partial charge in [-0.1, -0.05) is 17.7 Å². The Labute approximate surface area is 153 Å². The van der Waals surface area contributed by atoms with Crippen molar-refractivity contribution in [3.8, 4) is 0 Å². The zero-order valence-electron chi connectivity index (χ0n) is 13.7. The first-order chi connectivity index (χ1) is 12.5. The molecular weight excluding hydrogens is 359 g/mol. The van der Waals surface area contributed by atoms with Gasteiger partial charge in [0.25, 0.3) is 5.56 Å². The predicted molar refractivity (Wildman–Crippen MR) is 94.9 cm³/mol. The quantitative estimate of drug-likeness (QED) is 0.660. The van der Waals surface area contributed by atoms with E-state index in [2.05, 4.69) is 4.98 Å². The summed E-state index contributed by atoms with van der Waals surface area (Å²) < 4.78 is 20.0. The molecule has 0 amide bonds. The third kappa shape index (κ3) is 2.97. The lowest BCUT2D eigenvalue weighted by Crippen LogP contribution is -2.21. The molecule has 1 aliphatic heterocycles. The Balaban J connectivity index is 1.59. The molecule has 0 bridgehead atoms. The van der Waals surface area contributed by atoms with Crippen molar-refractivity contribution in [3.05, 3.63) is 74.5 Å². The third-order valence-electron chi connectivity index (χ3n) is 4.43. The first-order valence-corrected chi connectivity index (χ1v) is 8.55. The van der Waals surface area contributed by atoms with Crippen molar-refractivity contribution in [2.75, 3.05) is 0 Å². The molecule has 0 radical (unpaired) electrons. The molecule has 1 aromatic heterocycles. The van der Waals surface area contributed by atoms with Crippen LogP contribution in [0, 0.1) is 5.82 Å². The summed E-state index contributed by atoms with van der Waals surface area (Å²) in [5, 5.41) is 0.676. The number of carbonyl (C=O) groups is 1. The first-order valence-electron chi connectivity index (χ1n) is 8.17. The summed E-state index contributed by atoms with van der Waals surface area (Å²) >= 11 is 5.93. The number of halogens is 2. The highest BCUT2D eigenvalue weighted by Crippen LogP contribution is 2.20. The Bertz CT molecular complexity index is 1090. The molecule has 0 aliphatic carbocycles. The van der Waals surface area contributed by atoms with E-state index in [0.29, 0.717) is 28.6 Å². The van der Waals surface area contributed by atoms with Gasteiger partial charge >= 0.3 is 5.97 Å². The van der Waals surface area contributed by atoms with Crippen LogP contribution in [-0.2, 0) is 24.3 Å². The van der Waals surface area contributed by atoms with Gasteiger partial charge in [-0.05, 0) is 36.8 Å². The number of ether oxygens (including phenoxy) is 1. The highest BCUT2D eigenvalue weighted by Gasteiger charge is 2.17. The minimum atomic E-state index is -0.560. The molecule has 132 valence electrons. The molecule has 0 saturated heterocycles. The summed E-state index contributed by atoms with van der Waals surface area (Å²) in [5.41, 5.74) is 1.21. The van der Waals surface area contributed by atoms with Crippen molar-refractivity contribution in [1.82, 2.24) is 9.55 Å². The van der Waals surface area contributed by atoms with E-state index in [1.807, 2.05) is 0 Å². The molecule has 2 heterocycles. The number of rotatable bonds is 3. The number of hydrogen-bond donors (Lipinski definition) is 0. The number of nitrogens with zero attached hydrogens (tertiary/aromatic N) is 2. The molecule has 0 saturated carbocycles. The molecular formula is C19H14ClFN2O3. The minimum Gasteiger partial charge on any atom is -0.457 e. The monoisotopic (exact) mass is 372 g/mol. The van der Waals surface area contributed by atoms with Crippen LogP contribution >= 0.6 is 11.6 Å². The normalized spacial score (nSPS) is 13.0. The molecule has 4 rings (SSSR count). The molecule has 0 spiro atoms. The number of esters is 1. The lowest BCUT2D eigenvalue weighted by Gasteiger charge is -2.08. The molecule has 1 aliphatic rings. The van der Waals surface area contributed by atoms with Crippen molar-refractivity contribution in [3.63, 3.8) is 0 Å². The number of benzene rings is 2. The topological polar surface area (TPSA) is 61.2 Å². The van der Waals surface area contributed by atoms with E-state index in [1.165, 1.54) is 18.2 Å². The zero-order valence-corrected chi connectivity index (χ0v) is 14.4. The summed E-state index contributed by atoms with van der Waals surface area (Å²) in [6, 6.07) is 8.59. The number of fused-ring (bicyclic) bond motifs is 2. The van der Waals surface area contributed by atoms with Gasteiger partial charge in [0.05, 0.1) is 21.5 Å². The van der Waals surface area contributed by atoms with Gasteiger partial charge in [-0.15, -0.1) is 0 Å². The Kier molecular flexibility index (Phi) is 4.20. The van der Waals surface area contributed by atoms with Gasteiger partial charge in [0.1, 0.15) is 18.2 Å². The Morgan fingerprint density at radius 1 is 1.27 bits per heavy atom. The first kappa shape index (κ1) is 16.7. The van der Waals surface area contributed by atoms with Crippen molar-refractivity contribution in [2.45, 2.75) is 26.0 Å². The summed E-state index contributed by atoms with van der Waals surface area (Å²) in [4.78, 5) is 29.2. The largest absolute Gasteiger partial charge is 0.457 e. The summed E-state index contributed by atoms with van der Waals surface area (Å²) in [6.07, 6.45) is 1.65. The van der Waals surface area contributed by atoms with Crippen LogP contribution in [0.3, 0.4) is 0 Å². The maximum atomic E-state index is 13.1. The summed E-state index contributed by atoms with van der Waals surface area (Å²) in [5.74, 6) is -0.273. The number of aryl methyl sites for hydroxylation is 1.